The highest BCUT2D eigenvalue weighted by molar-refractivity contribution is 9.10. The Morgan fingerprint density at radius 1 is 1.10 bits per heavy atom. The van der Waals surface area contributed by atoms with Crippen LogP contribution in [0, 0.1) is 0 Å². The van der Waals surface area contributed by atoms with Crippen LogP contribution in [0.3, 0.4) is 0 Å². The van der Waals surface area contributed by atoms with Crippen molar-refractivity contribution in [1.82, 2.24) is 5.32 Å². The van der Waals surface area contributed by atoms with E-state index >= 15 is 0 Å². The Morgan fingerprint density at radius 2 is 1.71 bits per heavy atom. The standard InChI is InChI=1S/C15H12BrClF3N/c1-21-14(9-2-5-11(17)6-3-9)12-8-10(15(18,19)20)4-7-13(12)16/h2-8,14,21H,1H3. The summed E-state index contributed by atoms with van der Waals surface area (Å²) in [5, 5.41) is 3.61. The summed E-state index contributed by atoms with van der Waals surface area (Å²) < 4.78 is 39.2. The second kappa shape index (κ2) is 6.38. The van der Waals surface area contributed by atoms with Crippen molar-refractivity contribution in [2.45, 2.75) is 12.2 Å². The summed E-state index contributed by atoms with van der Waals surface area (Å²) in [7, 11) is 1.70. The van der Waals surface area contributed by atoms with Crippen molar-refractivity contribution in [2.24, 2.45) is 0 Å². The van der Waals surface area contributed by atoms with Crippen LogP contribution in [-0.2, 0) is 6.18 Å². The average Bonchev–Trinajstić information content (AvgIpc) is 2.42. The van der Waals surface area contributed by atoms with Gasteiger partial charge >= 0.3 is 6.18 Å². The summed E-state index contributed by atoms with van der Waals surface area (Å²) in [6, 6.07) is 10.3. The lowest BCUT2D eigenvalue weighted by Crippen LogP contribution is -2.19. The van der Waals surface area contributed by atoms with Crippen LogP contribution < -0.4 is 5.32 Å². The zero-order valence-corrected chi connectivity index (χ0v) is 13.4. The largest absolute Gasteiger partial charge is 0.416 e. The van der Waals surface area contributed by atoms with E-state index in [-0.39, 0.29) is 6.04 Å². The molecule has 0 radical (unpaired) electrons. The first-order chi connectivity index (χ1) is 9.82. The van der Waals surface area contributed by atoms with Crippen LogP contribution in [0.25, 0.3) is 0 Å². The van der Waals surface area contributed by atoms with Crippen LogP contribution in [0.1, 0.15) is 22.7 Å². The molecule has 6 heteroatoms. The molecule has 0 aliphatic rings. The Balaban J connectivity index is 2.49. The molecule has 2 aromatic rings. The highest BCUT2D eigenvalue weighted by atomic mass is 79.9. The molecule has 0 aliphatic carbocycles. The van der Waals surface area contributed by atoms with E-state index in [2.05, 4.69) is 21.2 Å². The highest BCUT2D eigenvalue weighted by Gasteiger charge is 2.31. The first-order valence-electron chi connectivity index (χ1n) is 6.12. The number of rotatable bonds is 3. The fourth-order valence-electron chi connectivity index (χ4n) is 2.10. The van der Waals surface area contributed by atoms with E-state index in [1.807, 2.05) is 0 Å². The van der Waals surface area contributed by atoms with Gasteiger partial charge in [-0.2, -0.15) is 13.2 Å². The predicted octanol–water partition coefficient (Wildman–Crippen LogP) is 5.43. The van der Waals surface area contributed by atoms with E-state index in [9.17, 15) is 13.2 Å². The Morgan fingerprint density at radius 3 is 2.24 bits per heavy atom. The van der Waals surface area contributed by atoms with E-state index in [1.165, 1.54) is 6.07 Å². The molecule has 2 aromatic carbocycles. The molecule has 0 bridgehead atoms. The summed E-state index contributed by atoms with van der Waals surface area (Å²) in [6.07, 6.45) is -4.37. The van der Waals surface area contributed by atoms with Gasteiger partial charge in [0, 0.05) is 9.50 Å². The quantitative estimate of drug-likeness (QED) is 0.751. The van der Waals surface area contributed by atoms with E-state index in [4.69, 9.17) is 11.6 Å². The molecule has 0 saturated heterocycles. The SMILES string of the molecule is CNC(c1ccc(Cl)cc1)c1cc(C(F)(F)F)ccc1Br. The normalized spacial score (nSPS) is 13.2. The Hall–Kier alpha value is -1.04. The molecule has 0 aromatic heterocycles. The number of alkyl halides is 3. The minimum Gasteiger partial charge on any atom is -0.309 e. The predicted molar refractivity (Wildman–Crippen MR) is 81.5 cm³/mol. The third-order valence-electron chi connectivity index (χ3n) is 3.13. The van der Waals surface area contributed by atoms with Gasteiger partial charge in [-0.15, -0.1) is 0 Å². The van der Waals surface area contributed by atoms with Crippen molar-refractivity contribution in [2.75, 3.05) is 7.05 Å². The summed E-state index contributed by atoms with van der Waals surface area (Å²) in [5.74, 6) is 0. The van der Waals surface area contributed by atoms with Crippen LogP contribution in [-0.4, -0.2) is 7.05 Å². The maximum Gasteiger partial charge on any atom is 0.416 e. The van der Waals surface area contributed by atoms with Crippen molar-refractivity contribution in [3.05, 3.63) is 68.7 Å². The minimum atomic E-state index is -4.37. The number of hydrogen-bond donors (Lipinski definition) is 1. The van der Waals surface area contributed by atoms with Crippen molar-refractivity contribution in [1.29, 1.82) is 0 Å². The van der Waals surface area contributed by atoms with Crippen LogP contribution in [0.15, 0.2) is 46.9 Å². The molecule has 112 valence electrons. The molecular formula is C15H12BrClF3N. The second-order valence-electron chi connectivity index (χ2n) is 4.51. The fourth-order valence-corrected chi connectivity index (χ4v) is 2.70. The Bertz CT molecular complexity index is 626. The molecule has 1 unspecified atom stereocenters. The average molecular weight is 379 g/mol. The van der Waals surface area contributed by atoms with Gasteiger partial charge in [0.2, 0.25) is 0 Å². The number of benzene rings is 2. The molecule has 1 atom stereocenters. The molecule has 21 heavy (non-hydrogen) atoms. The molecule has 0 aliphatic heterocycles. The van der Waals surface area contributed by atoms with E-state index < -0.39 is 11.7 Å². The molecule has 0 spiro atoms. The van der Waals surface area contributed by atoms with Gasteiger partial charge in [-0.25, -0.2) is 0 Å². The Kier molecular flexibility index (Phi) is 4.96. The van der Waals surface area contributed by atoms with E-state index in [1.54, 1.807) is 31.3 Å². The summed E-state index contributed by atoms with van der Waals surface area (Å²) in [5.41, 5.74) is 0.687. The monoisotopic (exact) mass is 377 g/mol. The number of nitrogens with one attached hydrogen (secondary N) is 1. The molecule has 1 nitrogen and oxygen atoms in total. The van der Waals surface area contributed by atoms with Crippen molar-refractivity contribution >= 4 is 27.5 Å². The van der Waals surface area contributed by atoms with Gasteiger partial charge in [-0.05, 0) is 48.5 Å². The molecule has 1 N–H and O–H groups in total. The molecule has 2 rings (SSSR count). The topological polar surface area (TPSA) is 12.0 Å². The van der Waals surface area contributed by atoms with Gasteiger partial charge in [-0.3, -0.25) is 0 Å². The molecule has 0 fully saturated rings. The van der Waals surface area contributed by atoms with Gasteiger partial charge < -0.3 is 5.32 Å². The summed E-state index contributed by atoms with van der Waals surface area (Å²) >= 11 is 9.16. The molecule has 0 amide bonds. The zero-order chi connectivity index (χ0) is 15.6. The number of hydrogen-bond acceptors (Lipinski definition) is 1. The fraction of sp³-hybridized carbons (Fsp3) is 0.200. The van der Waals surface area contributed by atoms with Gasteiger partial charge in [-0.1, -0.05) is 39.7 Å². The third-order valence-corrected chi connectivity index (χ3v) is 4.10. The lowest BCUT2D eigenvalue weighted by Gasteiger charge is -2.20. The maximum atomic E-state index is 12.9. The summed E-state index contributed by atoms with van der Waals surface area (Å²) in [6.45, 7) is 0. The van der Waals surface area contributed by atoms with Crippen LogP contribution in [0.5, 0.6) is 0 Å². The van der Waals surface area contributed by atoms with E-state index in [0.29, 0.717) is 15.1 Å². The van der Waals surface area contributed by atoms with Crippen LogP contribution in [0.4, 0.5) is 13.2 Å². The molecular weight excluding hydrogens is 367 g/mol. The van der Waals surface area contributed by atoms with E-state index in [0.717, 1.165) is 17.7 Å². The lowest BCUT2D eigenvalue weighted by molar-refractivity contribution is -0.137. The first kappa shape index (κ1) is 16.3. The molecule has 0 heterocycles. The second-order valence-corrected chi connectivity index (χ2v) is 5.80. The van der Waals surface area contributed by atoms with Gasteiger partial charge in [0.25, 0.3) is 0 Å². The van der Waals surface area contributed by atoms with Gasteiger partial charge in [0.05, 0.1) is 11.6 Å². The van der Waals surface area contributed by atoms with Crippen molar-refractivity contribution in [3.63, 3.8) is 0 Å². The summed E-state index contributed by atoms with van der Waals surface area (Å²) in [4.78, 5) is 0. The lowest BCUT2D eigenvalue weighted by atomic mass is 9.97. The highest BCUT2D eigenvalue weighted by Crippen LogP contribution is 2.35. The van der Waals surface area contributed by atoms with Gasteiger partial charge in [0.1, 0.15) is 0 Å². The first-order valence-corrected chi connectivity index (χ1v) is 7.29. The Labute approximate surface area is 134 Å². The van der Waals surface area contributed by atoms with Crippen molar-refractivity contribution < 1.29 is 13.2 Å². The van der Waals surface area contributed by atoms with Crippen LogP contribution in [0.2, 0.25) is 5.02 Å². The van der Waals surface area contributed by atoms with Crippen molar-refractivity contribution in [3.8, 4) is 0 Å². The smallest absolute Gasteiger partial charge is 0.309 e. The van der Waals surface area contributed by atoms with Gasteiger partial charge in [0.15, 0.2) is 0 Å². The number of halogens is 5. The minimum absolute atomic E-state index is 0.362. The maximum absolute atomic E-state index is 12.9. The zero-order valence-electron chi connectivity index (χ0n) is 11.0. The molecule has 0 saturated carbocycles. The third kappa shape index (κ3) is 3.78. The van der Waals surface area contributed by atoms with Crippen LogP contribution >= 0.6 is 27.5 Å².